The van der Waals surface area contributed by atoms with Crippen LogP contribution in [0.15, 0.2) is 24.4 Å². The Morgan fingerprint density at radius 1 is 1.35 bits per heavy atom. The van der Waals surface area contributed by atoms with E-state index in [0.29, 0.717) is 18.7 Å². The molecule has 0 spiro atoms. The molecule has 1 aromatic carbocycles. The van der Waals surface area contributed by atoms with Crippen LogP contribution in [0.1, 0.15) is 35.4 Å². The van der Waals surface area contributed by atoms with Gasteiger partial charge in [0.1, 0.15) is 11.8 Å². The van der Waals surface area contributed by atoms with Crippen LogP contribution < -0.4 is 4.74 Å². The molecular weight excluding hydrogens is 252 g/mol. The molecule has 1 N–H and O–H groups in total. The lowest BCUT2D eigenvalue weighted by Crippen LogP contribution is -2.12. The highest BCUT2D eigenvalue weighted by Gasteiger charge is 2.20. The molecule has 0 aliphatic rings. The standard InChI is InChI=1S/C16H22N2O2/c1-5-18-16(15(20-4)10-17-18)14(19)9-13-8-11(2)6-7-12(13)3/h6-8,10,14,19H,5,9H2,1-4H3. The van der Waals surface area contributed by atoms with Crippen molar-refractivity contribution in [3.05, 3.63) is 46.8 Å². The molecule has 1 unspecified atom stereocenters. The van der Waals surface area contributed by atoms with Crippen LogP contribution in [-0.4, -0.2) is 22.0 Å². The Hall–Kier alpha value is -1.81. The van der Waals surface area contributed by atoms with Gasteiger partial charge in [-0.25, -0.2) is 0 Å². The topological polar surface area (TPSA) is 47.3 Å². The number of aliphatic hydroxyl groups is 1. The maximum atomic E-state index is 10.6. The lowest BCUT2D eigenvalue weighted by Gasteiger charge is -2.16. The van der Waals surface area contributed by atoms with Crippen LogP contribution in [0.4, 0.5) is 0 Å². The fourth-order valence-electron chi connectivity index (χ4n) is 2.45. The first kappa shape index (κ1) is 14.6. The molecule has 0 aliphatic heterocycles. The summed E-state index contributed by atoms with van der Waals surface area (Å²) in [5, 5.41) is 14.8. The van der Waals surface area contributed by atoms with Crippen molar-refractivity contribution in [2.24, 2.45) is 0 Å². The van der Waals surface area contributed by atoms with Gasteiger partial charge >= 0.3 is 0 Å². The van der Waals surface area contributed by atoms with E-state index in [0.717, 1.165) is 11.3 Å². The van der Waals surface area contributed by atoms with E-state index < -0.39 is 6.10 Å². The molecule has 0 aliphatic carbocycles. The number of rotatable bonds is 5. The fourth-order valence-corrected chi connectivity index (χ4v) is 2.45. The summed E-state index contributed by atoms with van der Waals surface area (Å²) in [6.45, 7) is 6.84. The Bertz CT molecular complexity index is 569. The molecule has 0 radical (unpaired) electrons. The Morgan fingerprint density at radius 2 is 2.10 bits per heavy atom. The Kier molecular flexibility index (Phi) is 4.45. The lowest BCUT2D eigenvalue weighted by molar-refractivity contribution is 0.162. The summed E-state index contributed by atoms with van der Waals surface area (Å²) in [7, 11) is 1.60. The van der Waals surface area contributed by atoms with Crippen molar-refractivity contribution in [3.63, 3.8) is 0 Å². The number of nitrogens with zero attached hydrogens (tertiary/aromatic N) is 2. The summed E-state index contributed by atoms with van der Waals surface area (Å²) in [6.07, 6.45) is 1.61. The molecule has 0 saturated carbocycles. The fraction of sp³-hybridized carbons (Fsp3) is 0.438. The van der Waals surface area contributed by atoms with Gasteiger partial charge in [0.2, 0.25) is 0 Å². The van der Waals surface area contributed by atoms with Gasteiger partial charge in [-0.05, 0) is 31.9 Å². The highest BCUT2D eigenvalue weighted by molar-refractivity contribution is 5.34. The number of aliphatic hydroxyl groups excluding tert-OH is 1. The molecule has 0 fully saturated rings. The summed E-state index contributed by atoms with van der Waals surface area (Å²) in [5.41, 5.74) is 4.30. The molecular formula is C16H22N2O2. The van der Waals surface area contributed by atoms with Crippen molar-refractivity contribution >= 4 is 0 Å². The second-order valence-corrected chi connectivity index (χ2v) is 5.06. The molecule has 2 aromatic rings. The first-order valence-corrected chi connectivity index (χ1v) is 6.90. The number of hydrogen-bond acceptors (Lipinski definition) is 3. The molecule has 0 saturated heterocycles. The zero-order chi connectivity index (χ0) is 14.7. The molecule has 4 heteroatoms. The van der Waals surface area contributed by atoms with Crippen molar-refractivity contribution in [1.29, 1.82) is 0 Å². The minimum atomic E-state index is -0.618. The molecule has 108 valence electrons. The van der Waals surface area contributed by atoms with E-state index in [9.17, 15) is 5.11 Å². The molecule has 0 amide bonds. The summed E-state index contributed by atoms with van der Waals surface area (Å²) >= 11 is 0. The normalized spacial score (nSPS) is 12.4. The van der Waals surface area contributed by atoms with Crippen molar-refractivity contribution in [2.75, 3.05) is 7.11 Å². The Balaban J connectivity index is 2.30. The van der Waals surface area contributed by atoms with Crippen molar-refractivity contribution in [1.82, 2.24) is 9.78 Å². The van der Waals surface area contributed by atoms with E-state index in [-0.39, 0.29) is 0 Å². The van der Waals surface area contributed by atoms with Gasteiger partial charge in [-0.1, -0.05) is 23.8 Å². The minimum absolute atomic E-state index is 0.565. The maximum Gasteiger partial charge on any atom is 0.162 e. The number of ether oxygens (including phenoxy) is 1. The Labute approximate surface area is 120 Å². The van der Waals surface area contributed by atoms with Crippen LogP contribution in [0.2, 0.25) is 0 Å². The highest BCUT2D eigenvalue weighted by Crippen LogP contribution is 2.28. The third-order valence-electron chi connectivity index (χ3n) is 3.60. The van der Waals surface area contributed by atoms with E-state index in [1.54, 1.807) is 18.0 Å². The third kappa shape index (κ3) is 2.85. The van der Waals surface area contributed by atoms with Crippen molar-refractivity contribution in [2.45, 2.75) is 39.8 Å². The quantitative estimate of drug-likeness (QED) is 0.912. The number of benzene rings is 1. The van der Waals surface area contributed by atoms with Crippen LogP contribution in [0.25, 0.3) is 0 Å². The smallest absolute Gasteiger partial charge is 0.162 e. The summed E-state index contributed by atoms with van der Waals surface area (Å²) in [6, 6.07) is 6.30. The summed E-state index contributed by atoms with van der Waals surface area (Å²) in [4.78, 5) is 0. The van der Waals surface area contributed by atoms with Gasteiger partial charge in [-0.2, -0.15) is 5.10 Å². The van der Waals surface area contributed by atoms with Gasteiger partial charge in [0, 0.05) is 13.0 Å². The number of aryl methyl sites for hydroxylation is 3. The van der Waals surface area contributed by atoms with Crippen LogP contribution in [0, 0.1) is 13.8 Å². The van der Waals surface area contributed by atoms with Gasteiger partial charge in [0.15, 0.2) is 5.75 Å². The molecule has 4 nitrogen and oxygen atoms in total. The first-order valence-electron chi connectivity index (χ1n) is 6.90. The van der Waals surface area contributed by atoms with Gasteiger partial charge < -0.3 is 9.84 Å². The highest BCUT2D eigenvalue weighted by atomic mass is 16.5. The van der Waals surface area contributed by atoms with Gasteiger partial charge in [0.05, 0.1) is 13.3 Å². The average Bonchev–Trinajstić information content (AvgIpc) is 2.85. The van der Waals surface area contributed by atoms with Gasteiger partial charge in [-0.15, -0.1) is 0 Å². The second kappa shape index (κ2) is 6.09. The van der Waals surface area contributed by atoms with E-state index in [2.05, 4.69) is 37.1 Å². The predicted octanol–water partition coefficient (Wildman–Crippen LogP) is 2.80. The van der Waals surface area contributed by atoms with Crippen LogP contribution in [0.5, 0.6) is 5.75 Å². The summed E-state index contributed by atoms with van der Waals surface area (Å²) < 4.78 is 7.08. The van der Waals surface area contributed by atoms with Gasteiger partial charge in [-0.3, -0.25) is 4.68 Å². The summed E-state index contributed by atoms with van der Waals surface area (Å²) in [5.74, 6) is 0.643. The number of aromatic nitrogens is 2. The van der Waals surface area contributed by atoms with E-state index in [4.69, 9.17) is 4.74 Å². The maximum absolute atomic E-state index is 10.6. The molecule has 2 rings (SSSR count). The van der Waals surface area contributed by atoms with Crippen molar-refractivity contribution < 1.29 is 9.84 Å². The number of hydrogen-bond donors (Lipinski definition) is 1. The monoisotopic (exact) mass is 274 g/mol. The first-order chi connectivity index (χ1) is 9.56. The van der Waals surface area contributed by atoms with E-state index in [1.807, 2.05) is 6.92 Å². The Morgan fingerprint density at radius 3 is 2.75 bits per heavy atom. The zero-order valence-corrected chi connectivity index (χ0v) is 12.6. The van der Waals surface area contributed by atoms with Crippen LogP contribution in [0.3, 0.4) is 0 Å². The van der Waals surface area contributed by atoms with Crippen LogP contribution in [-0.2, 0) is 13.0 Å². The average molecular weight is 274 g/mol. The number of methoxy groups -OCH3 is 1. The largest absolute Gasteiger partial charge is 0.493 e. The SMILES string of the molecule is CCn1ncc(OC)c1C(O)Cc1cc(C)ccc1C. The molecule has 1 aromatic heterocycles. The van der Waals surface area contributed by atoms with Gasteiger partial charge in [0.25, 0.3) is 0 Å². The molecule has 0 bridgehead atoms. The second-order valence-electron chi connectivity index (χ2n) is 5.06. The zero-order valence-electron chi connectivity index (χ0n) is 12.6. The van der Waals surface area contributed by atoms with Crippen molar-refractivity contribution in [3.8, 4) is 5.75 Å². The third-order valence-corrected chi connectivity index (χ3v) is 3.60. The molecule has 1 heterocycles. The predicted molar refractivity (Wildman–Crippen MR) is 79.0 cm³/mol. The molecule has 1 atom stereocenters. The molecule has 20 heavy (non-hydrogen) atoms. The minimum Gasteiger partial charge on any atom is -0.493 e. The van der Waals surface area contributed by atoms with Crippen LogP contribution >= 0.6 is 0 Å². The van der Waals surface area contributed by atoms with E-state index in [1.165, 1.54) is 11.1 Å². The lowest BCUT2D eigenvalue weighted by atomic mass is 9.98. The van der Waals surface area contributed by atoms with E-state index >= 15 is 0 Å².